The first kappa shape index (κ1) is 21.3. The van der Waals surface area contributed by atoms with Gasteiger partial charge in [-0.25, -0.2) is 0 Å². The summed E-state index contributed by atoms with van der Waals surface area (Å²) < 4.78 is 0. The van der Waals surface area contributed by atoms with E-state index in [2.05, 4.69) is 16.0 Å². The van der Waals surface area contributed by atoms with Crippen molar-refractivity contribution in [2.24, 2.45) is 11.5 Å². The Morgan fingerprint density at radius 3 is 1.96 bits per heavy atom. The molecule has 12 heteroatoms. The molecule has 0 radical (unpaired) electrons. The fraction of sp³-hybridized carbons (Fsp3) is 0.583. The van der Waals surface area contributed by atoms with Crippen molar-refractivity contribution in [2.75, 3.05) is 13.2 Å². The van der Waals surface area contributed by atoms with Crippen LogP contribution >= 0.6 is 0 Å². The van der Waals surface area contributed by atoms with E-state index in [0.717, 1.165) is 0 Å². The van der Waals surface area contributed by atoms with Crippen LogP contribution in [0.2, 0.25) is 0 Å². The first-order valence-electron chi connectivity index (χ1n) is 6.84. The van der Waals surface area contributed by atoms with Crippen LogP contribution < -0.4 is 27.4 Å². The quantitative estimate of drug-likeness (QED) is 0.203. The van der Waals surface area contributed by atoms with E-state index in [-0.39, 0.29) is 0 Å². The van der Waals surface area contributed by atoms with Gasteiger partial charge in [-0.2, -0.15) is 0 Å². The van der Waals surface area contributed by atoms with Crippen LogP contribution in [-0.4, -0.2) is 71.1 Å². The molecule has 0 heterocycles. The smallest absolute Gasteiger partial charge is 0.325 e. The summed E-state index contributed by atoms with van der Waals surface area (Å²) in [6.45, 7) is -0.0888. The van der Waals surface area contributed by atoms with Gasteiger partial charge in [0.1, 0.15) is 18.1 Å². The zero-order chi connectivity index (χ0) is 18.9. The Bertz CT molecular complexity index is 510. The van der Waals surface area contributed by atoms with Gasteiger partial charge in [0, 0.05) is 0 Å². The zero-order valence-corrected chi connectivity index (χ0v) is 12.9. The van der Waals surface area contributed by atoms with E-state index in [1.807, 2.05) is 0 Å². The van der Waals surface area contributed by atoms with Crippen molar-refractivity contribution in [1.29, 1.82) is 0 Å². The highest BCUT2D eigenvalue weighted by atomic mass is 16.4. The molecule has 0 fully saturated rings. The van der Waals surface area contributed by atoms with E-state index in [0.29, 0.717) is 0 Å². The summed E-state index contributed by atoms with van der Waals surface area (Å²) >= 11 is 0. The van der Waals surface area contributed by atoms with E-state index in [4.69, 9.17) is 21.7 Å². The molecule has 0 saturated carbocycles. The molecule has 12 nitrogen and oxygen atoms in total. The summed E-state index contributed by atoms with van der Waals surface area (Å²) in [6, 6.07) is -4.12. The number of carbonyl (C=O) groups excluding carboxylic acids is 4. The average Bonchev–Trinajstić information content (AvgIpc) is 2.50. The number of rotatable bonds is 10. The van der Waals surface area contributed by atoms with Gasteiger partial charge in [0.15, 0.2) is 0 Å². The van der Waals surface area contributed by atoms with Crippen LogP contribution in [0.25, 0.3) is 0 Å². The molecular formula is C12H21N5O7. The number of aliphatic hydroxyl groups is 1. The monoisotopic (exact) mass is 347 g/mol. The summed E-state index contributed by atoms with van der Waals surface area (Å²) in [5, 5.41) is 24.2. The van der Waals surface area contributed by atoms with Crippen LogP contribution in [0, 0.1) is 0 Å². The zero-order valence-electron chi connectivity index (χ0n) is 12.9. The second-order valence-corrected chi connectivity index (χ2v) is 4.81. The van der Waals surface area contributed by atoms with Gasteiger partial charge < -0.3 is 37.6 Å². The van der Waals surface area contributed by atoms with Crippen molar-refractivity contribution >= 4 is 29.6 Å². The largest absolute Gasteiger partial charge is 0.480 e. The number of carboxylic acids is 1. The number of hydrogen-bond acceptors (Lipinski definition) is 7. The normalized spacial score (nSPS) is 14.0. The molecule has 0 aromatic heterocycles. The molecule has 9 N–H and O–H groups in total. The molecule has 4 amide bonds. The molecule has 0 rings (SSSR count). The van der Waals surface area contributed by atoms with Crippen molar-refractivity contribution in [2.45, 2.75) is 31.5 Å². The minimum atomic E-state index is -1.48. The number of aliphatic hydroxyl groups excluding tert-OH is 1. The van der Waals surface area contributed by atoms with Crippen LogP contribution in [0.1, 0.15) is 13.3 Å². The lowest BCUT2D eigenvalue weighted by atomic mass is 10.1. The molecule has 0 aliphatic carbocycles. The van der Waals surface area contributed by atoms with Crippen LogP contribution in [-0.2, 0) is 24.0 Å². The van der Waals surface area contributed by atoms with Crippen molar-refractivity contribution in [3.05, 3.63) is 0 Å². The Morgan fingerprint density at radius 1 is 1.00 bits per heavy atom. The Kier molecular flexibility index (Phi) is 8.97. The highest BCUT2D eigenvalue weighted by molar-refractivity contribution is 5.95. The van der Waals surface area contributed by atoms with Gasteiger partial charge in [-0.05, 0) is 6.92 Å². The standard InChI is InChI=1S/C12H21N5O7/c1-5(12(23)24)15-11(22)7(4-18)17-10(21)6(2-8(14)19)16-9(20)3-13/h5-7,18H,2-4,13H2,1H3,(H2,14,19)(H,15,22)(H,16,20)(H,17,21)(H,23,24). The number of nitrogens with two attached hydrogens (primary N) is 2. The second kappa shape index (κ2) is 10.1. The molecule has 0 spiro atoms. The number of carbonyl (C=O) groups is 5. The van der Waals surface area contributed by atoms with Crippen LogP contribution in [0.3, 0.4) is 0 Å². The minimum absolute atomic E-state index is 0.442. The molecule has 3 atom stereocenters. The Balaban J connectivity index is 4.94. The molecule has 24 heavy (non-hydrogen) atoms. The van der Waals surface area contributed by atoms with Crippen LogP contribution in [0.5, 0.6) is 0 Å². The molecule has 0 saturated heterocycles. The Labute approximate surface area is 136 Å². The second-order valence-electron chi connectivity index (χ2n) is 4.81. The summed E-state index contributed by atoms with van der Waals surface area (Å²) in [5.41, 5.74) is 10.1. The van der Waals surface area contributed by atoms with Crippen molar-refractivity contribution < 1.29 is 34.2 Å². The van der Waals surface area contributed by atoms with Crippen LogP contribution in [0.15, 0.2) is 0 Å². The summed E-state index contributed by atoms with van der Waals surface area (Å²) in [5.74, 6) is -4.86. The number of nitrogens with one attached hydrogen (secondary N) is 3. The van der Waals surface area contributed by atoms with E-state index >= 15 is 0 Å². The molecular weight excluding hydrogens is 326 g/mol. The van der Waals surface area contributed by atoms with Crippen molar-refractivity contribution in [3.8, 4) is 0 Å². The molecule has 0 aromatic carbocycles. The van der Waals surface area contributed by atoms with Crippen LogP contribution in [0.4, 0.5) is 0 Å². The lowest BCUT2D eigenvalue weighted by Gasteiger charge is -2.22. The number of aliphatic carboxylic acids is 1. The van der Waals surface area contributed by atoms with Gasteiger partial charge in [-0.3, -0.25) is 24.0 Å². The molecule has 0 bridgehead atoms. The van der Waals surface area contributed by atoms with E-state index < -0.39 is 67.3 Å². The fourth-order valence-electron chi connectivity index (χ4n) is 1.51. The number of primary amides is 1. The minimum Gasteiger partial charge on any atom is -0.480 e. The number of carboxylic acid groups (broad SMARTS) is 1. The van der Waals surface area contributed by atoms with E-state index in [1.165, 1.54) is 6.92 Å². The SMILES string of the molecule is CC(NC(=O)C(CO)NC(=O)C(CC(N)=O)NC(=O)CN)C(=O)O. The van der Waals surface area contributed by atoms with E-state index in [1.54, 1.807) is 0 Å². The van der Waals surface area contributed by atoms with Gasteiger partial charge in [0.2, 0.25) is 23.6 Å². The molecule has 0 aromatic rings. The third kappa shape index (κ3) is 7.51. The first-order valence-corrected chi connectivity index (χ1v) is 6.84. The highest BCUT2D eigenvalue weighted by Crippen LogP contribution is 1.95. The Hall–Kier alpha value is -2.73. The van der Waals surface area contributed by atoms with Crippen molar-refractivity contribution in [3.63, 3.8) is 0 Å². The number of hydrogen-bond donors (Lipinski definition) is 7. The topological polar surface area (TPSA) is 214 Å². The van der Waals surface area contributed by atoms with Crippen molar-refractivity contribution in [1.82, 2.24) is 16.0 Å². The van der Waals surface area contributed by atoms with Gasteiger partial charge in [-0.1, -0.05) is 0 Å². The van der Waals surface area contributed by atoms with Gasteiger partial charge in [-0.15, -0.1) is 0 Å². The fourth-order valence-corrected chi connectivity index (χ4v) is 1.51. The predicted molar refractivity (Wildman–Crippen MR) is 79.1 cm³/mol. The average molecular weight is 347 g/mol. The maximum absolute atomic E-state index is 12.0. The first-order chi connectivity index (χ1) is 11.1. The van der Waals surface area contributed by atoms with Gasteiger partial charge in [0.25, 0.3) is 0 Å². The lowest BCUT2D eigenvalue weighted by Crippen LogP contribution is -2.57. The van der Waals surface area contributed by atoms with E-state index in [9.17, 15) is 24.0 Å². The van der Waals surface area contributed by atoms with Gasteiger partial charge >= 0.3 is 5.97 Å². The third-order valence-electron chi connectivity index (χ3n) is 2.79. The third-order valence-corrected chi connectivity index (χ3v) is 2.79. The lowest BCUT2D eigenvalue weighted by molar-refractivity contribution is -0.142. The summed E-state index contributed by atoms with van der Waals surface area (Å²) in [7, 11) is 0. The Morgan fingerprint density at radius 2 is 1.54 bits per heavy atom. The predicted octanol–water partition coefficient (Wildman–Crippen LogP) is -4.63. The molecule has 0 aliphatic heterocycles. The summed E-state index contributed by atoms with van der Waals surface area (Å²) in [4.78, 5) is 56.7. The van der Waals surface area contributed by atoms with Gasteiger partial charge in [0.05, 0.1) is 19.6 Å². The molecule has 3 unspecified atom stereocenters. The summed E-state index contributed by atoms with van der Waals surface area (Å²) in [6.07, 6.45) is -0.553. The molecule has 136 valence electrons. The highest BCUT2D eigenvalue weighted by Gasteiger charge is 2.28. The maximum atomic E-state index is 12.0. The molecule has 0 aliphatic rings. The maximum Gasteiger partial charge on any atom is 0.325 e. The number of amides is 4.